The molecule has 2 aromatic carbocycles. The molecule has 9 nitrogen and oxygen atoms in total. The average Bonchev–Trinajstić information content (AvgIpc) is 3.46. The summed E-state index contributed by atoms with van der Waals surface area (Å²) in [6.45, 7) is 0.500. The largest absolute Gasteiger partial charge is 0.390 e. The first-order valence-electron chi connectivity index (χ1n) is 10.9. The number of benzene rings is 2. The number of nitrogens with one attached hydrogen (secondary N) is 2. The van der Waals surface area contributed by atoms with Crippen molar-refractivity contribution in [1.29, 1.82) is 0 Å². The number of nitrogens with zero attached hydrogens (tertiary/aromatic N) is 4. The second kappa shape index (κ2) is 9.16. The van der Waals surface area contributed by atoms with Gasteiger partial charge in [0.15, 0.2) is 28.9 Å². The highest BCUT2D eigenvalue weighted by atomic mass is 19.1. The number of aliphatic hydroxyl groups excluding tert-OH is 1. The molecule has 2 aromatic heterocycles. The second-order valence-corrected chi connectivity index (χ2v) is 8.00. The van der Waals surface area contributed by atoms with Crippen LogP contribution in [0.25, 0.3) is 22.6 Å². The summed E-state index contributed by atoms with van der Waals surface area (Å²) in [4.78, 5) is 25.8. The standard InChI is InChI=1S/C24H23FN6O3/c1-26-24(33)20-17(32)11-18(34-20)31-13-28-19-22(27-12-14-6-3-2-4-7-14)29-21(30-23(19)31)15-8-5-9-16(25)10-15/h2-10,13,17-18,20,32H,11-12H2,1H3,(H,26,33)(H,27,29,30)/t17-,18+,20-/m0/s1. The molecule has 3 N–H and O–H groups in total. The molecular weight excluding hydrogens is 439 g/mol. The van der Waals surface area contributed by atoms with Gasteiger partial charge in [0.05, 0.1) is 12.4 Å². The van der Waals surface area contributed by atoms with E-state index in [9.17, 15) is 14.3 Å². The van der Waals surface area contributed by atoms with E-state index in [1.54, 1.807) is 23.0 Å². The van der Waals surface area contributed by atoms with Crippen molar-refractivity contribution in [2.45, 2.75) is 31.4 Å². The highest BCUT2D eigenvalue weighted by molar-refractivity contribution is 5.85. The fourth-order valence-electron chi connectivity index (χ4n) is 3.99. The Bertz CT molecular complexity index is 1330. The molecule has 10 heteroatoms. The Balaban J connectivity index is 1.56. The number of imidazole rings is 1. The van der Waals surface area contributed by atoms with E-state index in [4.69, 9.17) is 4.74 Å². The number of rotatable bonds is 6. The van der Waals surface area contributed by atoms with Crippen LogP contribution in [0.5, 0.6) is 0 Å². The Kier molecular flexibility index (Phi) is 5.91. The summed E-state index contributed by atoms with van der Waals surface area (Å²) in [5.74, 6) is -0.0112. The molecule has 1 fully saturated rings. The van der Waals surface area contributed by atoms with E-state index in [0.29, 0.717) is 34.9 Å². The van der Waals surface area contributed by atoms with E-state index < -0.39 is 30.2 Å². The molecule has 174 valence electrons. The molecule has 1 aliphatic heterocycles. The fraction of sp³-hybridized carbons (Fsp3) is 0.250. The van der Waals surface area contributed by atoms with Crippen LogP contribution in [0.1, 0.15) is 18.2 Å². The molecule has 0 spiro atoms. The molecule has 1 amide bonds. The highest BCUT2D eigenvalue weighted by Crippen LogP contribution is 2.33. The third kappa shape index (κ3) is 4.20. The predicted octanol–water partition coefficient (Wildman–Crippen LogP) is 2.64. The van der Waals surface area contributed by atoms with Gasteiger partial charge in [0.2, 0.25) is 0 Å². The quantitative estimate of drug-likeness (QED) is 0.404. The number of hydrogen-bond donors (Lipinski definition) is 3. The Morgan fingerprint density at radius 2 is 2.03 bits per heavy atom. The summed E-state index contributed by atoms with van der Waals surface area (Å²) in [7, 11) is 1.49. The van der Waals surface area contributed by atoms with Crippen molar-refractivity contribution in [1.82, 2.24) is 24.8 Å². The number of likely N-dealkylation sites (N-methyl/N-ethyl adjacent to an activating group) is 1. The molecule has 0 saturated carbocycles. The smallest absolute Gasteiger partial charge is 0.251 e. The van der Waals surface area contributed by atoms with Crippen molar-refractivity contribution in [3.8, 4) is 11.4 Å². The molecule has 5 rings (SSSR count). The van der Waals surface area contributed by atoms with Crippen LogP contribution >= 0.6 is 0 Å². The first-order chi connectivity index (χ1) is 16.5. The number of amides is 1. The number of carbonyl (C=O) groups is 1. The number of ether oxygens (including phenoxy) is 1. The summed E-state index contributed by atoms with van der Waals surface area (Å²) in [6.07, 6.45) is -0.878. The Labute approximate surface area is 194 Å². The number of hydrogen-bond acceptors (Lipinski definition) is 7. The van der Waals surface area contributed by atoms with E-state index in [-0.39, 0.29) is 6.42 Å². The monoisotopic (exact) mass is 462 g/mol. The van der Waals surface area contributed by atoms with Gasteiger partial charge in [0, 0.05) is 25.6 Å². The maximum absolute atomic E-state index is 13.9. The topological polar surface area (TPSA) is 114 Å². The van der Waals surface area contributed by atoms with Crippen LogP contribution in [0.4, 0.5) is 10.2 Å². The van der Waals surface area contributed by atoms with Gasteiger partial charge in [0.1, 0.15) is 12.0 Å². The summed E-state index contributed by atoms with van der Waals surface area (Å²) < 4.78 is 21.4. The van der Waals surface area contributed by atoms with Crippen LogP contribution in [-0.2, 0) is 16.1 Å². The van der Waals surface area contributed by atoms with Crippen LogP contribution in [0, 0.1) is 5.82 Å². The highest BCUT2D eigenvalue weighted by Gasteiger charge is 2.40. The lowest BCUT2D eigenvalue weighted by atomic mass is 10.1. The van der Waals surface area contributed by atoms with Crippen LogP contribution in [-0.4, -0.2) is 49.8 Å². The van der Waals surface area contributed by atoms with Gasteiger partial charge in [-0.3, -0.25) is 9.36 Å². The van der Waals surface area contributed by atoms with Crippen LogP contribution in [0.3, 0.4) is 0 Å². The minimum Gasteiger partial charge on any atom is -0.390 e. The van der Waals surface area contributed by atoms with Crippen molar-refractivity contribution >= 4 is 22.9 Å². The Morgan fingerprint density at radius 1 is 1.21 bits per heavy atom. The van der Waals surface area contributed by atoms with Gasteiger partial charge < -0.3 is 20.5 Å². The lowest BCUT2D eigenvalue weighted by Crippen LogP contribution is -2.38. The molecule has 0 unspecified atom stereocenters. The fourth-order valence-corrected chi connectivity index (χ4v) is 3.99. The SMILES string of the molecule is CNC(=O)[C@H]1O[C@@H](n2cnc3c(NCc4ccccc4)nc(-c4cccc(F)c4)nc32)C[C@@H]1O. The van der Waals surface area contributed by atoms with Crippen molar-refractivity contribution in [3.63, 3.8) is 0 Å². The lowest BCUT2D eigenvalue weighted by Gasteiger charge is -2.15. The number of aromatic nitrogens is 4. The van der Waals surface area contributed by atoms with Gasteiger partial charge in [-0.1, -0.05) is 42.5 Å². The maximum atomic E-state index is 13.9. The van der Waals surface area contributed by atoms with E-state index in [2.05, 4.69) is 25.6 Å². The van der Waals surface area contributed by atoms with Gasteiger partial charge >= 0.3 is 0 Å². The van der Waals surface area contributed by atoms with Crippen molar-refractivity contribution in [2.24, 2.45) is 0 Å². The summed E-state index contributed by atoms with van der Waals surface area (Å²) >= 11 is 0. The zero-order chi connectivity index (χ0) is 23.7. The molecule has 4 aromatic rings. The van der Waals surface area contributed by atoms with Gasteiger partial charge in [-0.15, -0.1) is 0 Å². The van der Waals surface area contributed by atoms with Gasteiger partial charge in [-0.05, 0) is 17.7 Å². The molecule has 0 bridgehead atoms. The first-order valence-corrected chi connectivity index (χ1v) is 10.9. The summed E-state index contributed by atoms with van der Waals surface area (Å²) in [5, 5.41) is 16.2. The van der Waals surface area contributed by atoms with E-state index in [1.165, 1.54) is 19.2 Å². The van der Waals surface area contributed by atoms with Crippen molar-refractivity contribution < 1.29 is 19.0 Å². The minimum absolute atomic E-state index is 0.190. The third-order valence-electron chi connectivity index (χ3n) is 5.72. The second-order valence-electron chi connectivity index (χ2n) is 8.00. The van der Waals surface area contributed by atoms with Crippen molar-refractivity contribution in [2.75, 3.05) is 12.4 Å². The van der Waals surface area contributed by atoms with E-state index in [1.807, 2.05) is 30.3 Å². The lowest BCUT2D eigenvalue weighted by molar-refractivity contribution is -0.137. The van der Waals surface area contributed by atoms with Gasteiger partial charge in [-0.2, -0.15) is 0 Å². The summed E-state index contributed by atoms with van der Waals surface area (Å²) in [6, 6.07) is 15.9. The molecule has 3 heterocycles. The Morgan fingerprint density at radius 3 is 2.79 bits per heavy atom. The van der Waals surface area contributed by atoms with E-state index in [0.717, 1.165) is 5.56 Å². The number of fused-ring (bicyclic) bond motifs is 1. The number of carbonyl (C=O) groups excluding carboxylic acids is 1. The molecule has 0 aliphatic carbocycles. The maximum Gasteiger partial charge on any atom is 0.251 e. The van der Waals surface area contributed by atoms with Gasteiger partial charge in [-0.25, -0.2) is 19.3 Å². The third-order valence-corrected chi connectivity index (χ3v) is 5.72. The minimum atomic E-state index is -0.993. The average molecular weight is 462 g/mol. The summed E-state index contributed by atoms with van der Waals surface area (Å²) in [5.41, 5.74) is 2.50. The van der Waals surface area contributed by atoms with Crippen LogP contribution in [0.15, 0.2) is 60.9 Å². The molecule has 1 saturated heterocycles. The Hall–Kier alpha value is -3.89. The molecule has 1 aliphatic rings. The van der Waals surface area contributed by atoms with Crippen LogP contribution in [0.2, 0.25) is 0 Å². The zero-order valence-corrected chi connectivity index (χ0v) is 18.4. The molecule has 3 atom stereocenters. The number of anilines is 1. The normalized spacial score (nSPS) is 19.9. The number of aliphatic hydroxyl groups is 1. The van der Waals surface area contributed by atoms with Crippen molar-refractivity contribution in [3.05, 3.63) is 72.3 Å². The van der Waals surface area contributed by atoms with E-state index >= 15 is 0 Å². The predicted molar refractivity (Wildman–Crippen MR) is 123 cm³/mol. The molecular formula is C24H23FN6O3. The first kappa shape index (κ1) is 21.9. The van der Waals surface area contributed by atoms with Crippen LogP contribution < -0.4 is 10.6 Å². The van der Waals surface area contributed by atoms with Gasteiger partial charge in [0.25, 0.3) is 5.91 Å². The zero-order valence-electron chi connectivity index (χ0n) is 18.4. The molecule has 0 radical (unpaired) electrons. The number of halogens is 1. The molecule has 34 heavy (non-hydrogen) atoms.